The summed E-state index contributed by atoms with van der Waals surface area (Å²) in [5, 5.41) is 19.4. The van der Waals surface area contributed by atoms with Crippen molar-refractivity contribution in [2.24, 2.45) is 16.7 Å². The highest BCUT2D eigenvalue weighted by Gasteiger charge is 2.55. The van der Waals surface area contributed by atoms with Gasteiger partial charge in [0, 0.05) is 5.41 Å². The van der Waals surface area contributed by atoms with E-state index in [-0.39, 0.29) is 22.7 Å². The molecule has 0 heterocycles. The summed E-state index contributed by atoms with van der Waals surface area (Å²) in [6, 6.07) is 2.02. The first kappa shape index (κ1) is 13.3. The number of ketones is 1. The first-order valence-electron chi connectivity index (χ1n) is 6.52. The Morgan fingerprint density at radius 2 is 2.00 bits per heavy atom. The molecule has 0 aromatic carbocycles. The van der Waals surface area contributed by atoms with E-state index in [0.717, 1.165) is 12.8 Å². The van der Waals surface area contributed by atoms with Crippen LogP contribution in [0.25, 0.3) is 0 Å². The number of rotatable bonds is 0. The summed E-state index contributed by atoms with van der Waals surface area (Å²) in [4.78, 5) is 12.3. The second-order valence-electron chi connectivity index (χ2n) is 6.99. The molecule has 2 rings (SSSR count). The van der Waals surface area contributed by atoms with Crippen LogP contribution >= 0.6 is 0 Å². The fraction of sp³-hybridized carbons (Fsp3) is 0.733. The number of nitrogens with zero attached hydrogens (tertiary/aromatic N) is 1. The number of carbonyl (C=O) groups is 1. The summed E-state index contributed by atoms with van der Waals surface area (Å²) < 4.78 is 0. The lowest BCUT2D eigenvalue weighted by Gasteiger charge is -2.53. The van der Waals surface area contributed by atoms with Gasteiger partial charge in [0.25, 0.3) is 0 Å². The smallest absolute Gasteiger partial charge is 0.178 e. The standard InChI is InChI=1S/C15H21NO2/c1-13(2)11-5-6-15(4,18)9-14(11,3)7-10(8-16)12(13)17/h7,11,18H,5-6,9H2,1-4H3/t11-,14+,15-/m0/s1. The second kappa shape index (κ2) is 3.68. The zero-order valence-electron chi connectivity index (χ0n) is 11.6. The maximum atomic E-state index is 12.3. The van der Waals surface area contributed by atoms with Crippen LogP contribution in [0, 0.1) is 28.1 Å². The quantitative estimate of drug-likeness (QED) is 0.715. The van der Waals surface area contributed by atoms with Gasteiger partial charge in [-0.2, -0.15) is 5.26 Å². The minimum Gasteiger partial charge on any atom is -0.390 e. The molecular weight excluding hydrogens is 226 g/mol. The lowest BCUT2D eigenvalue weighted by Crippen LogP contribution is -2.52. The van der Waals surface area contributed by atoms with Crippen LogP contribution in [0.2, 0.25) is 0 Å². The topological polar surface area (TPSA) is 61.1 Å². The highest BCUT2D eigenvalue weighted by atomic mass is 16.3. The molecule has 98 valence electrons. The first-order chi connectivity index (χ1) is 8.12. The molecule has 3 atom stereocenters. The fourth-order valence-electron chi connectivity index (χ4n) is 4.14. The minimum absolute atomic E-state index is 0.0472. The van der Waals surface area contributed by atoms with Crippen molar-refractivity contribution < 1.29 is 9.90 Å². The molecule has 0 aromatic rings. The molecule has 0 radical (unpaired) electrons. The van der Waals surface area contributed by atoms with Crippen LogP contribution in [0.1, 0.15) is 47.0 Å². The van der Waals surface area contributed by atoms with Crippen LogP contribution in [0.4, 0.5) is 0 Å². The summed E-state index contributed by atoms with van der Waals surface area (Å²) in [5.74, 6) is 0.156. The maximum Gasteiger partial charge on any atom is 0.178 e. The van der Waals surface area contributed by atoms with Crippen molar-refractivity contribution in [3.63, 3.8) is 0 Å². The van der Waals surface area contributed by atoms with E-state index in [4.69, 9.17) is 5.26 Å². The van der Waals surface area contributed by atoms with Crippen molar-refractivity contribution in [2.75, 3.05) is 0 Å². The number of fused-ring (bicyclic) bond motifs is 1. The van der Waals surface area contributed by atoms with E-state index in [2.05, 4.69) is 6.92 Å². The van der Waals surface area contributed by atoms with Crippen LogP contribution < -0.4 is 0 Å². The normalized spacial score (nSPS) is 42.8. The SMILES string of the molecule is CC1(C)C(=O)C(C#N)=C[C@]2(C)C[C@@](C)(O)CC[C@@H]12. The molecule has 0 aromatic heterocycles. The Hall–Kier alpha value is -1.14. The molecule has 2 aliphatic carbocycles. The number of allylic oxidation sites excluding steroid dienone is 2. The van der Waals surface area contributed by atoms with Gasteiger partial charge in [0.05, 0.1) is 11.2 Å². The zero-order valence-corrected chi connectivity index (χ0v) is 11.6. The van der Waals surface area contributed by atoms with Crippen LogP contribution in [0.3, 0.4) is 0 Å². The summed E-state index contributed by atoms with van der Waals surface area (Å²) in [6.07, 6.45) is 3.97. The van der Waals surface area contributed by atoms with Gasteiger partial charge in [-0.3, -0.25) is 4.79 Å². The van der Waals surface area contributed by atoms with Gasteiger partial charge in [0.1, 0.15) is 6.07 Å². The van der Waals surface area contributed by atoms with Crippen molar-refractivity contribution in [1.82, 2.24) is 0 Å². The Bertz CT molecular complexity index is 467. The Morgan fingerprint density at radius 3 is 2.56 bits per heavy atom. The molecule has 0 saturated heterocycles. The molecule has 3 heteroatoms. The zero-order chi connectivity index (χ0) is 13.8. The molecule has 0 unspecified atom stereocenters. The van der Waals surface area contributed by atoms with Crippen LogP contribution in [-0.2, 0) is 4.79 Å². The predicted molar refractivity (Wildman–Crippen MR) is 68.6 cm³/mol. The highest BCUT2D eigenvalue weighted by Crippen LogP contribution is 2.56. The van der Waals surface area contributed by atoms with Gasteiger partial charge in [-0.25, -0.2) is 0 Å². The van der Waals surface area contributed by atoms with E-state index in [9.17, 15) is 9.90 Å². The lowest BCUT2D eigenvalue weighted by molar-refractivity contribution is -0.136. The van der Waals surface area contributed by atoms with Gasteiger partial charge in [-0.1, -0.05) is 26.8 Å². The van der Waals surface area contributed by atoms with Crippen molar-refractivity contribution in [2.45, 2.75) is 52.6 Å². The van der Waals surface area contributed by atoms with Gasteiger partial charge in [-0.05, 0) is 37.5 Å². The maximum absolute atomic E-state index is 12.3. The van der Waals surface area contributed by atoms with Crippen molar-refractivity contribution in [3.8, 4) is 6.07 Å². The van der Waals surface area contributed by atoms with Crippen molar-refractivity contribution in [1.29, 1.82) is 5.26 Å². The Kier molecular flexibility index (Phi) is 2.72. The Labute approximate surface area is 108 Å². The molecule has 0 amide bonds. The van der Waals surface area contributed by atoms with Crippen LogP contribution in [0.15, 0.2) is 11.6 Å². The number of aliphatic hydroxyl groups is 1. The van der Waals surface area contributed by atoms with Gasteiger partial charge in [-0.15, -0.1) is 0 Å². The molecule has 1 saturated carbocycles. The predicted octanol–water partition coefficient (Wildman–Crippen LogP) is 2.60. The fourth-order valence-corrected chi connectivity index (χ4v) is 4.14. The first-order valence-corrected chi connectivity index (χ1v) is 6.52. The van der Waals surface area contributed by atoms with E-state index >= 15 is 0 Å². The Morgan fingerprint density at radius 1 is 1.39 bits per heavy atom. The molecular formula is C15H21NO2. The molecule has 3 nitrogen and oxygen atoms in total. The number of hydrogen-bond donors (Lipinski definition) is 1. The lowest BCUT2D eigenvalue weighted by atomic mass is 9.50. The molecule has 1 fully saturated rings. The molecule has 18 heavy (non-hydrogen) atoms. The molecule has 0 bridgehead atoms. The summed E-state index contributed by atoms with van der Waals surface area (Å²) in [7, 11) is 0. The molecule has 0 spiro atoms. The number of hydrogen-bond acceptors (Lipinski definition) is 3. The van der Waals surface area contributed by atoms with Gasteiger partial charge < -0.3 is 5.11 Å². The van der Waals surface area contributed by atoms with E-state index < -0.39 is 11.0 Å². The summed E-state index contributed by atoms with van der Waals surface area (Å²) in [5.41, 5.74) is -1.20. The molecule has 2 aliphatic rings. The van der Waals surface area contributed by atoms with Crippen LogP contribution in [-0.4, -0.2) is 16.5 Å². The van der Waals surface area contributed by atoms with Crippen LogP contribution in [0.5, 0.6) is 0 Å². The van der Waals surface area contributed by atoms with E-state index in [1.165, 1.54) is 0 Å². The second-order valence-corrected chi connectivity index (χ2v) is 6.99. The number of carbonyl (C=O) groups excluding carboxylic acids is 1. The van der Waals surface area contributed by atoms with Gasteiger partial charge in [0.2, 0.25) is 0 Å². The average Bonchev–Trinajstić information content (AvgIpc) is 2.21. The van der Waals surface area contributed by atoms with Gasteiger partial charge >= 0.3 is 0 Å². The average molecular weight is 247 g/mol. The Balaban J connectivity index is 2.53. The molecule has 1 N–H and O–H groups in total. The summed E-state index contributed by atoms with van der Waals surface area (Å²) >= 11 is 0. The van der Waals surface area contributed by atoms with Gasteiger partial charge in [0.15, 0.2) is 5.78 Å². The third kappa shape index (κ3) is 1.80. The number of nitriles is 1. The molecule has 0 aliphatic heterocycles. The van der Waals surface area contributed by atoms with Crippen molar-refractivity contribution in [3.05, 3.63) is 11.6 Å². The van der Waals surface area contributed by atoms with E-state index in [0.29, 0.717) is 6.42 Å². The monoisotopic (exact) mass is 247 g/mol. The van der Waals surface area contributed by atoms with E-state index in [1.54, 1.807) is 6.08 Å². The highest BCUT2D eigenvalue weighted by molar-refractivity contribution is 6.04. The summed E-state index contributed by atoms with van der Waals surface area (Å²) in [6.45, 7) is 7.78. The van der Waals surface area contributed by atoms with Crippen molar-refractivity contribution >= 4 is 5.78 Å². The van der Waals surface area contributed by atoms with E-state index in [1.807, 2.05) is 26.8 Å². The largest absolute Gasteiger partial charge is 0.390 e. The third-order valence-electron chi connectivity index (χ3n) is 4.82. The third-order valence-corrected chi connectivity index (χ3v) is 4.82. The minimum atomic E-state index is -0.696. The number of Topliss-reactive ketones (excluding diaryl/α,β-unsaturated/α-hetero) is 1.